The molecule has 0 bridgehead atoms. The zero-order valence-electron chi connectivity index (χ0n) is 19.0. The fraction of sp³-hybridized carbons (Fsp3) is 0.462. The molecule has 1 heterocycles. The summed E-state index contributed by atoms with van der Waals surface area (Å²) in [5, 5.41) is 1.26. The Balaban J connectivity index is 2.29. The summed E-state index contributed by atoms with van der Waals surface area (Å²) in [4.78, 5) is 0. The normalized spacial score (nSPS) is 22.7. The standard InChI is InChI=1S/C26H40INP2/c1-5-9-22-28(30(27)23(6-2)20-21-24(30)7-3)29(8-4,25-16-12-10-13-17-25)26-18-14-11-15-19-26/h8,10-19,23-24,29-30H,4-7,9,20-22H2,1-3H3/t23-,24+. The van der Waals surface area contributed by atoms with E-state index < -0.39 is 12.5 Å². The molecule has 1 aliphatic rings. The Labute approximate surface area is 199 Å². The summed E-state index contributed by atoms with van der Waals surface area (Å²) in [6.07, 6.45) is 7.98. The average Bonchev–Trinajstić information content (AvgIpc) is 3.13. The summed E-state index contributed by atoms with van der Waals surface area (Å²) >= 11 is 3.04. The van der Waals surface area contributed by atoms with Gasteiger partial charge in [0.05, 0.1) is 0 Å². The number of benzene rings is 2. The van der Waals surface area contributed by atoms with Gasteiger partial charge in [-0.1, -0.05) is 0 Å². The SMILES string of the molecule is C=C[PH](c1ccccc1)(c1ccccc1)N(CCCC)[PH]1(I)[C@H](CC)CC[C@@H]1CC. The second kappa shape index (κ2) is 11.0. The van der Waals surface area contributed by atoms with Gasteiger partial charge in [0.25, 0.3) is 0 Å². The molecule has 2 aromatic rings. The molecule has 0 aliphatic carbocycles. The van der Waals surface area contributed by atoms with Crippen molar-refractivity contribution in [2.45, 2.75) is 70.6 Å². The van der Waals surface area contributed by atoms with Gasteiger partial charge >= 0.3 is 200 Å². The Hall–Kier alpha value is -0.270. The third-order valence-electron chi connectivity index (χ3n) is 7.29. The zero-order chi connectivity index (χ0) is 21.6. The van der Waals surface area contributed by atoms with Crippen molar-refractivity contribution in [1.29, 1.82) is 0 Å². The van der Waals surface area contributed by atoms with Crippen molar-refractivity contribution in [3.05, 3.63) is 73.1 Å². The van der Waals surface area contributed by atoms with Crippen molar-refractivity contribution < 1.29 is 0 Å². The molecule has 1 saturated heterocycles. The van der Waals surface area contributed by atoms with Crippen molar-refractivity contribution in [3.8, 4) is 0 Å². The Morgan fingerprint density at radius 2 is 1.40 bits per heavy atom. The van der Waals surface area contributed by atoms with E-state index in [0.717, 1.165) is 11.3 Å². The Kier molecular flexibility index (Phi) is 8.97. The Morgan fingerprint density at radius 1 is 0.933 bits per heavy atom. The number of rotatable bonds is 10. The third kappa shape index (κ3) is 4.32. The van der Waals surface area contributed by atoms with Crippen LogP contribution in [0.15, 0.2) is 73.1 Å². The van der Waals surface area contributed by atoms with Crippen molar-refractivity contribution in [3.63, 3.8) is 0 Å². The van der Waals surface area contributed by atoms with E-state index in [1.165, 1.54) is 55.7 Å². The van der Waals surface area contributed by atoms with Gasteiger partial charge < -0.3 is 0 Å². The molecule has 0 amide bonds. The second-order valence-corrected chi connectivity index (χ2v) is 21.6. The first kappa shape index (κ1) is 24.4. The number of unbranched alkanes of at least 4 members (excludes halogenated alkanes) is 1. The Morgan fingerprint density at radius 3 is 1.77 bits per heavy atom. The van der Waals surface area contributed by atoms with Crippen molar-refractivity contribution in [2.75, 3.05) is 6.54 Å². The van der Waals surface area contributed by atoms with Crippen LogP contribution in [0, 0.1) is 0 Å². The minimum absolute atomic E-state index is 0.874. The van der Waals surface area contributed by atoms with E-state index in [2.05, 4.69) is 120 Å². The van der Waals surface area contributed by atoms with Gasteiger partial charge in [0, 0.05) is 0 Å². The van der Waals surface area contributed by atoms with Crippen LogP contribution < -0.4 is 10.6 Å². The quantitative estimate of drug-likeness (QED) is 0.213. The van der Waals surface area contributed by atoms with Gasteiger partial charge in [0.1, 0.15) is 0 Å². The summed E-state index contributed by atoms with van der Waals surface area (Å²) in [6.45, 7) is 13.0. The molecule has 0 saturated carbocycles. The van der Waals surface area contributed by atoms with Crippen LogP contribution in [0.25, 0.3) is 0 Å². The summed E-state index contributed by atoms with van der Waals surface area (Å²) in [7, 11) is -2.29. The van der Waals surface area contributed by atoms with E-state index in [1.807, 2.05) is 0 Å². The number of hydrogen-bond donors (Lipinski definition) is 0. The van der Waals surface area contributed by atoms with Crippen LogP contribution in [0.4, 0.5) is 0 Å². The van der Waals surface area contributed by atoms with Gasteiger partial charge in [-0.05, 0) is 0 Å². The van der Waals surface area contributed by atoms with Crippen molar-refractivity contribution >= 4 is 45.1 Å². The molecule has 1 nitrogen and oxygen atoms in total. The van der Waals surface area contributed by atoms with E-state index >= 15 is 0 Å². The van der Waals surface area contributed by atoms with E-state index in [-0.39, 0.29) is 0 Å². The molecule has 0 unspecified atom stereocenters. The van der Waals surface area contributed by atoms with Crippen LogP contribution in [-0.2, 0) is 0 Å². The van der Waals surface area contributed by atoms with E-state index in [9.17, 15) is 0 Å². The van der Waals surface area contributed by atoms with Gasteiger partial charge in [-0.15, -0.1) is 0 Å². The zero-order valence-corrected chi connectivity index (χ0v) is 23.1. The topological polar surface area (TPSA) is 3.24 Å². The molecule has 166 valence electrons. The molecule has 1 fully saturated rings. The molecule has 0 N–H and O–H groups in total. The number of hydrogen-bond acceptors (Lipinski definition) is 1. The summed E-state index contributed by atoms with van der Waals surface area (Å²) < 4.78 is 3.14. The molecule has 0 aromatic heterocycles. The first-order chi connectivity index (χ1) is 14.6. The summed E-state index contributed by atoms with van der Waals surface area (Å²) in [5.74, 6) is 2.40. The van der Waals surface area contributed by atoms with Gasteiger partial charge in [-0.2, -0.15) is 0 Å². The van der Waals surface area contributed by atoms with E-state index in [0.29, 0.717) is 0 Å². The van der Waals surface area contributed by atoms with Crippen molar-refractivity contribution in [2.24, 2.45) is 0 Å². The molecule has 4 heteroatoms. The predicted octanol–water partition coefficient (Wildman–Crippen LogP) is 7.91. The molecule has 2 atom stereocenters. The van der Waals surface area contributed by atoms with Crippen LogP contribution in [0.5, 0.6) is 0 Å². The van der Waals surface area contributed by atoms with Crippen LogP contribution in [0.1, 0.15) is 59.3 Å². The maximum absolute atomic E-state index is 4.56. The van der Waals surface area contributed by atoms with Gasteiger partial charge in [0.15, 0.2) is 0 Å². The second-order valence-electron chi connectivity index (χ2n) is 8.72. The molecule has 0 spiro atoms. The minimum atomic E-state index is -2.29. The molecule has 2 aromatic carbocycles. The molecule has 1 aliphatic heterocycles. The van der Waals surface area contributed by atoms with E-state index in [4.69, 9.17) is 0 Å². The number of nitrogens with zero attached hydrogens (tertiary/aromatic N) is 1. The molecule has 3 rings (SSSR count). The fourth-order valence-electron chi connectivity index (χ4n) is 5.71. The van der Waals surface area contributed by atoms with Crippen LogP contribution >= 0.6 is 34.5 Å². The molecular formula is C26H40INP2. The van der Waals surface area contributed by atoms with Gasteiger partial charge in [0.2, 0.25) is 0 Å². The number of halogens is 1. The predicted molar refractivity (Wildman–Crippen MR) is 152 cm³/mol. The maximum atomic E-state index is 4.56. The summed E-state index contributed by atoms with van der Waals surface area (Å²) in [5.41, 5.74) is 1.75. The van der Waals surface area contributed by atoms with E-state index in [1.54, 1.807) is 0 Å². The van der Waals surface area contributed by atoms with Crippen LogP contribution in [0.3, 0.4) is 0 Å². The fourth-order valence-corrected chi connectivity index (χ4v) is 26.6. The van der Waals surface area contributed by atoms with Crippen LogP contribution in [0.2, 0.25) is 0 Å². The Bertz CT molecular complexity index is 744. The monoisotopic (exact) mass is 555 g/mol. The third-order valence-corrected chi connectivity index (χ3v) is 26.7. The van der Waals surface area contributed by atoms with Crippen molar-refractivity contribution in [1.82, 2.24) is 4.44 Å². The molecular weight excluding hydrogens is 515 g/mol. The van der Waals surface area contributed by atoms with Gasteiger partial charge in [-0.3, -0.25) is 0 Å². The molecule has 30 heavy (non-hydrogen) atoms. The first-order valence-electron chi connectivity index (χ1n) is 11.8. The average molecular weight is 555 g/mol. The molecule has 0 radical (unpaired) electrons. The first-order valence-corrected chi connectivity index (χ1v) is 19.0. The van der Waals surface area contributed by atoms with Crippen LogP contribution in [-0.4, -0.2) is 22.3 Å². The summed E-state index contributed by atoms with van der Waals surface area (Å²) in [6, 6.07) is 22.7. The van der Waals surface area contributed by atoms with Gasteiger partial charge in [-0.25, -0.2) is 0 Å².